The van der Waals surface area contributed by atoms with Gasteiger partial charge in [0.05, 0.1) is 0 Å². The molecule has 0 aliphatic heterocycles. The van der Waals surface area contributed by atoms with Gasteiger partial charge in [-0.25, -0.2) is 0 Å². The first-order chi connectivity index (χ1) is 12.7. The van der Waals surface area contributed by atoms with Gasteiger partial charge in [0.2, 0.25) is 0 Å². The summed E-state index contributed by atoms with van der Waals surface area (Å²) in [6, 6.07) is 0. The van der Waals surface area contributed by atoms with E-state index in [1.165, 1.54) is 51.8 Å². The summed E-state index contributed by atoms with van der Waals surface area (Å²) in [5.74, 6) is 0. The van der Waals surface area contributed by atoms with Gasteiger partial charge in [0.1, 0.15) is 0 Å². The molecule has 4 nitrogen and oxygen atoms in total. The van der Waals surface area contributed by atoms with E-state index in [1.54, 1.807) is 0 Å². The monoisotopic (exact) mass is 493 g/mol. The third-order valence-electron chi connectivity index (χ3n) is 5.20. The second-order valence-corrected chi connectivity index (χ2v) is 22.9. The zero-order chi connectivity index (χ0) is 20.8. The van der Waals surface area contributed by atoms with Crippen LogP contribution in [0.2, 0.25) is 13.3 Å². The summed E-state index contributed by atoms with van der Waals surface area (Å²) in [4.78, 5) is 15.0. The van der Waals surface area contributed by atoms with Crippen LogP contribution in [0, 0.1) is 0 Å². The van der Waals surface area contributed by atoms with Gasteiger partial charge in [-0.3, -0.25) is 0 Å². The molecule has 0 rings (SSSR count). The van der Waals surface area contributed by atoms with E-state index >= 15 is 0 Å². The molecule has 27 heavy (non-hydrogen) atoms. The van der Waals surface area contributed by atoms with Gasteiger partial charge in [-0.1, -0.05) is 0 Å². The first kappa shape index (κ1) is 27.0. The van der Waals surface area contributed by atoms with Crippen molar-refractivity contribution < 1.29 is 14.6 Å². The van der Waals surface area contributed by atoms with Crippen LogP contribution in [0.4, 0.5) is 4.79 Å². The van der Waals surface area contributed by atoms with Gasteiger partial charge < -0.3 is 0 Å². The number of amides is 1. The number of aliphatic hydroxyl groups excluding tert-OH is 1. The van der Waals surface area contributed by atoms with E-state index in [1.807, 2.05) is 25.7 Å². The second kappa shape index (κ2) is 14.9. The van der Waals surface area contributed by atoms with Gasteiger partial charge in [0.15, 0.2) is 0 Å². The topological polar surface area (TPSA) is 49.8 Å². The fraction of sp³-hybridized carbons (Fsp3) is 0.955. The molecule has 0 heterocycles. The Balaban J connectivity index is 5.43. The molecule has 0 atom stereocenters. The van der Waals surface area contributed by atoms with Crippen molar-refractivity contribution in [3.05, 3.63) is 0 Å². The zero-order valence-electron chi connectivity index (χ0n) is 19.1. The van der Waals surface area contributed by atoms with Crippen molar-refractivity contribution in [1.29, 1.82) is 0 Å². The molecule has 0 aliphatic carbocycles. The average Bonchev–Trinajstić information content (AvgIpc) is 2.60. The Bertz CT molecular complexity index is 360. The van der Waals surface area contributed by atoms with Crippen LogP contribution in [0.5, 0.6) is 0 Å². The third kappa shape index (κ3) is 13.0. The molecule has 0 bridgehead atoms. The van der Waals surface area contributed by atoms with Crippen LogP contribution in [-0.4, -0.2) is 57.8 Å². The molecular formula is C22H47NO3Sn. The molecule has 0 unspecified atom stereocenters. The number of carbonyl (C=O) groups excluding carboxylic acids is 1. The molecule has 0 aromatic carbocycles. The quantitative estimate of drug-likeness (QED) is 0.213. The van der Waals surface area contributed by atoms with Crippen LogP contribution in [0.25, 0.3) is 0 Å². The van der Waals surface area contributed by atoms with Crippen molar-refractivity contribution in [3.63, 3.8) is 0 Å². The molecule has 0 saturated heterocycles. The Hall–Kier alpha value is 0.0287. The van der Waals surface area contributed by atoms with E-state index < -0.39 is 24.0 Å². The molecule has 162 valence electrons. The predicted octanol–water partition coefficient (Wildman–Crippen LogP) is 6.38. The van der Waals surface area contributed by atoms with E-state index in [0.717, 1.165) is 23.9 Å². The minimum absolute atomic E-state index is 0.147. The van der Waals surface area contributed by atoms with Gasteiger partial charge in [0, 0.05) is 0 Å². The van der Waals surface area contributed by atoms with Crippen molar-refractivity contribution >= 4 is 24.5 Å². The first-order valence-corrected chi connectivity index (χ1v) is 19.4. The summed E-state index contributed by atoms with van der Waals surface area (Å²) in [5, 5.41) is 9.16. The maximum absolute atomic E-state index is 12.9. The number of unbranched alkanes of at least 4 members (excludes halogenated alkanes) is 4. The summed E-state index contributed by atoms with van der Waals surface area (Å²) in [7, 11) is 0. The zero-order valence-corrected chi connectivity index (χ0v) is 22.0. The maximum atomic E-state index is 12.9. The summed E-state index contributed by atoms with van der Waals surface area (Å²) < 4.78 is 10.9. The van der Waals surface area contributed by atoms with Crippen molar-refractivity contribution in [2.24, 2.45) is 0 Å². The molecule has 0 spiro atoms. The normalized spacial score (nSPS) is 12.3. The van der Waals surface area contributed by atoms with Crippen LogP contribution in [-0.2, 0) is 4.74 Å². The number of nitrogens with zero attached hydrogens (tertiary/aromatic N) is 1. The molecule has 0 aromatic heterocycles. The third-order valence-corrected chi connectivity index (χ3v) is 20.3. The molecule has 0 saturated carbocycles. The standard InChI is InChI=1S/C10H20NO3.3C4H9.Sn/c1-10(2,3)14-9(13)11(4)7-5-6-8-12;3*1-3-4-2;/h12H,4-8H2,1-3H3;3*1,3-4H2,2H3;. The Morgan fingerprint density at radius 2 is 1.37 bits per heavy atom. The molecule has 1 amide bonds. The van der Waals surface area contributed by atoms with E-state index in [9.17, 15) is 4.79 Å². The van der Waals surface area contributed by atoms with Crippen molar-refractivity contribution in [1.82, 2.24) is 4.90 Å². The molecular weight excluding hydrogens is 445 g/mol. The number of aliphatic hydroxyl groups is 1. The van der Waals surface area contributed by atoms with Gasteiger partial charge in [-0.15, -0.1) is 0 Å². The van der Waals surface area contributed by atoms with E-state index in [0.29, 0.717) is 0 Å². The summed E-state index contributed by atoms with van der Waals surface area (Å²) >= 11 is -2.45. The van der Waals surface area contributed by atoms with Crippen LogP contribution in [0.3, 0.4) is 0 Å². The van der Waals surface area contributed by atoms with Crippen LogP contribution in [0.1, 0.15) is 92.9 Å². The van der Waals surface area contributed by atoms with Crippen molar-refractivity contribution in [2.45, 2.75) is 112 Å². The molecule has 0 aliphatic rings. The van der Waals surface area contributed by atoms with Crippen molar-refractivity contribution in [3.8, 4) is 0 Å². The van der Waals surface area contributed by atoms with Gasteiger partial charge in [0.25, 0.3) is 0 Å². The Morgan fingerprint density at radius 3 is 1.74 bits per heavy atom. The van der Waals surface area contributed by atoms with Gasteiger partial charge >= 0.3 is 174 Å². The number of carbonyl (C=O) groups is 1. The van der Waals surface area contributed by atoms with Crippen LogP contribution >= 0.6 is 0 Å². The fourth-order valence-corrected chi connectivity index (χ4v) is 19.7. The summed E-state index contributed by atoms with van der Waals surface area (Å²) in [6.07, 6.45) is 9.11. The van der Waals surface area contributed by atoms with E-state index in [4.69, 9.17) is 9.84 Å². The Labute approximate surface area is 173 Å². The molecule has 5 heteroatoms. The average molecular weight is 492 g/mol. The predicted molar refractivity (Wildman–Crippen MR) is 119 cm³/mol. The van der Waals surface area contributed by atoms with Crippen LogP contribution < -0.4 is 0 Å². The molecule has 1 N–H and O–H groups in total. The molecule has 0 fully saturated rings. The first-order valence-electron chi connectivity index (χ1n) is 11.3. The summed E-state index contributed by atoms with van der Waals surface area (Å²) in [6.45, 7) is 13.6. The Morgan fingerprint density at radius 1 is 0.889 bits per heavy atom. The molecule has 0 aromatic rings. The van der Waals surface area contributed by atoms with E-state index in [-0.39, 0.29) is 12.7 Å². The summed E-state index contributed by atoms with van der Waals surface area (Å²) in [5.41, 5.74) is -0.458. The van der Waals surface area contributed by atoms with Crippen LogP contribution in [0.15, 0.2) is 0 Å². The second-order valence-electron chi connectivity index (χ2n) is 9.14. The fourth-order valence-electron chi connectivity index (χ4n) is 3.65. The van der Waals surface area contributed by atoms with Gasteiger partial charge in [-0.05, 0) is 0 Å². The number of ether oxygens (including phenoxy) is 1. The van der Waals surface area contributed by atoms with Gasteiger partial charge in [-0.2, -0.15) is 0 Å². The number of hydrogen-bond donors (Lipinski definition) is 1. The SMILES string of the molecule is CCC[CH2][Sn]([CH2]CCC)([CH2]CCC)[CH2]N(CCCCO)C(=O)OC(C)(C)C. The number of hydrogen-bond acceptors (Lipinski definition) is 3. The van der Waals surface area contributed by atoms with Crippen molar-refractivity contribution in [2.75, 3.05) is 17.7 Å². The number of rotatable bonds is 15. The minimum atomic E-state index is -2.45. The Kier molecular flexibility index (Phi) is 15.0. The van der Waals surface area contributed by atoms with E-state index in [2.05, 4.69) is 20.8 Å². The molecule has 0 radical (unpaired) electrons.